The summed E-state index contributed by atoms with van der Waals surface area (Å²) < 4.78 is 2.31. The summed E-state index contributed by atoms with van der Waals surface area (Å²) in [7, 11) is 1.64. The summed E-state index contributed by atoms with van der Waals surface area (Å²) in [5, 5.41) is 17.0. The maximum absolute atomic E-state index is 12.7. The number of benzene rings is 2. The summed E-state index contributed by atoms with van der Waals surface area (Å²) >= 11 is 2.27. The second-order valence-corrected chi connectivity index (χ2v) is 7.02. The van der Waals surface area contributed by atoms with Gasteiger partial charge in [-0.15, -0.1) is 0 Å². The first-order chi connectivity index (χ1) is 13.9. The topological polar surface area (TPSA) is 126 Å². The summed E-state index contributed by atoms with van der Waals surface area (Å²) in [5.74, 6) is -0.562. The molecule has 0 radical (unpaired) electrons. The maximum Gasteiger partial charge on any atom is 0.261 e. The molecule has 29 heavy (non-hydrogen) atoms. The molecule has 2 aromatic carbocycles. The average molecular weight is 502 g/mol. The van der Waals surface area contributed by atoms with Gasteiger partial charge in [-0.05, 0) is 29.8 Å². The Hall–Kier alpha value is -3.21. The van der Waals surface area contributed by atoms with Crippen LogP contribution in [0.4, 0.5) is 11.5 Å². The number of halogens is 1. The molecule has 0 aliphatic heterocycles. The highest BCUT2D eigenvalue weighted by atomic mass is 127. The lowest BCUT2D eigenvalue weighted by atomic mass is 10.1. The fourth-order valence-corrected chi connectivity index (χ4v) is 3.12. The first-order valence-corrected chi connectivity index (χ1v) is 10.2. The normalized spacial score (nSPS) is 10.4. The van der Waals surface area contributed by atoms with Crippen molar-refractivity contribution >= 4 is 51.7 Å². The van der Waals surface area contributed by atoms with Gasteiger partial charge in [0.15, 0.2) is 0 Å². The molecule has 1 aromatic heterocycles. The van der Waals surface area contributed by atoms with Crippen molar-refractivity contribution in [3.63, 3.8) is 0 Å². The zero-order chi connectivity index (χ0) is 21.0. The molecular weight excluding hydrogens is 483 g/mol. The number of carbonyl (C=O) groups is 2. The third-order valence-electron chi connectivity index (χ3n) is 4.24. The smallest absolute Gasteiger partial charge is 0.261 e. The molecule has 148 valence electrons. The lowest BCUT2D eigenvalue weighted by Crippen LogP contribution is -2.19. The number of hydrogen-bond donors (Lipinski definition) is 4. The number of aryl methyl sites for hydroxylation is 1. The van der Waals surface area contributed by atoms with Gasteiger partial charge in [-0.25, -0.2) is 0 Å². The lowest BCUT2D eigenvalue weighted by Gasteiger charge is -2.10. The molecule has 1 heterocycles. The monoisotopic (exact) mass is 502 g/mol. The Morgan fingerprint density at radius 3 is 2.24 bits per heavy atom. The van der Waals surface area contributed by atoms with Crippen LogP contribution in [-0.2, 0) is 11.5 Å². The van der Waals surface area contributed by atoms with Crippen molar-refractivity contribution in [2.75, 3.05) is 10.6 Å². The highest BCUT2D eigenvalue weighted by Gasteiger charge is 2.19. The molecule has 8 nitrogen and oxygen atoms in total. The Morgan fingerprint density at radius 2 is 1.66 bits per heavy atom. The van der Waals surface area contributed by atoms with Gasteiger partial charge in [-0.3, -0.25) is 19.7 Å². The van der Waals surface area contributed by atoms with Crippen LogP contribution in [-0.4, -0.2) is 27.4 Å². The molecule has 0 aliphatic carbocycles. The zero-order valence-electron chi connectivity index (χ0n) is 15.6. The molecule has 2 amide bonds. The maximum atomic E-state index is 12.7. The Morgan fingerprint density at radius 1 is 1.03 bits per heavy atom. The van der Waals surface area contributed by atoms with E-state index in [0.717, 1.165) is 9.99 Å². The Kier molecular flexibility index (Phi) is 6.27. The number of anilines is 2. The largest absolute Gasteiger partial charge is 0.384 e. The Labute approximate surface area is 181 Å². The van der Waals surface area contributed by atoms with Crippen molar-refractivity contribution in [3.8, 4) is 0 Å². The van der Waals surface area contributed by atoms with Crippen LogP contribution in [0.1, 0.15) is 31.8 Å². The molecule has 0 aliphatic rings. The van der Waals surface area contributed by atoms with E-state index in [1.165, 1.54) is 10.9 Å². The average Bonchev–Trinajstić information content (AvgIpc) is 3.09. The minimum absolute atomic E-state index is 0.0749. The van der Waals surface area contributed by atoms with Crippen LogP contribution in [0.5, 0.6) is 0 Å². The SMILES string of the molecule is Cn1ncc(C(=O)Nc2ccc(CI)cc2)c1NC(=O)c1ccc(C(=N)N)cc1. The number of nitrogens with two attached hydrogens (primary N) is 1. The van der Waals surface area contributed by atoms with Crippen molar-refractivity contribution in [1.82, 2.24) is 9.78 Å². The molecule has 0 fully saturated rings. The predicted octanol–water partition coefficient (Wildman–Crippen LogP) is 3.14. The Balaban J connectivity index is 1.76. The summed E-state index contributed by atoms with van der Waals surface area (Å²) in [6, 6.07) is 13.9. The second kappa shape index (κ2) is 8.86. The minimum Gasteiger partial charge on any atom is -0.384 e. The van der Waals surface area contributed by atoms with Crippen molar-refractivity contribution in [1.29, 1.82) is 5.41 Å². The highest BCUT2D eigenvalue weighted by molar-refractivity contribution is 14.1. The number of nitrogens with zero attached hydrogens (tertiary/aromatic N) is 2. The van der Waals surface area contributed by atoms with E-state index in [1.54, 1.807) is 31.3 Å². The molecule has 0 saturated heterocycles. The standard InChI is InChI=1S/C20H19IN6O2/c1-27-18(26-19(28)14-6-4-13(5-7-14)17(22)23)16(11-24-27)20(29)25-15-8-2-12(10-21)3-9-15/h2-9,11H,10H2,1H3,(H3,22,23)(H,25,29)(H,26,28). The number of hydrogen-bond acceptors (Lipinski definition) is 4. The number of nitrogens with one attached hydrogen (secondary N) is 3. The van der Waals surface area contributed by atoms with Gasteiger partial charge in [0.25, 0.3) is 11.8 Å². The molecule has 0 unspecified atom stereocenters. The van der Waals surface area contributed by atoms with E-state index in [9.17, 15) is 9.59 Å². The van der Waals surface area contributed by atoms with E-state index in [1.807, 2.05) is 24.3 Å². The van der Waals surface area contributed by atoms with E-state index in [-0.39, 0.29) is 23.1 Å². The van der Waals surface area contributed by atoms with Crippen LogP contribution in [0.15, 0.2) is 54.7 Å². The van der Waals surface area contributed by atoms with Gasteiger partial charge in [0.05, 0.1) is 6.20 Å². The number of amides is 2. The Bertz CT molecular complexity index is 1060. The molecule has 0 atom stereocenters. The number of aromatic nitrogens is 2. The molecule has 0 saturated carbocycles. The number of alkyl halides is 1. The first kappa shape index (κ1) is 20.5. The van der Waals surface area contributed by atoms with Crippen molar-refractivity contribution in [3.05, 3.63) is 77.0 Å². The van der Waals surface area contributed by atoms with Gasteiger partial charge in [-0.2, -0.15) is 5.10 Å². The van der Waals surface area contributed by atoms with Gasteiger partial charge in [0, 0.05) is 28.3 Å². The van der Waals surface area contributed by atoms with E-state index in [0.29, 0.717) is 16.8 Å². The molecule has 0 spiro atoms. The van der Waals surface area contributed by atoms with Gasteiger partial charge in [0.1, 0.15) is 17.2 Å². The van der Waals surface area contributed by atoms with Crippen LogP contribution in [0.2, 0.25) is 0 Å². The van der Waals surface area contributed by atoms with Crippen molar-refractivity contribution in [2.24, 2.45) is 12.8 Å². The summed E-state index contributed by atoms with van der Waals surface area (Å²) in [6.45, 7) is 0. The fourth-order valence-electron chi connectivity index (χ4n) is 2.61. The minimum atomic E-state index is -0.399. The lowest BCUT2D eigenvalue weighted by molar-refractivity contribution is 0.102. The van der Waals surface area contributed by atoms with Gasteiger partial charge < -0.3 is 16.4 Å². The van der Waals surface area contributed by atoms with Gasteiger partial charge in [0.2, 0.25) is 0 Å². The van der Waals surface area contributed by atoms with Crippen LogP contribution in [0.25, 0.3) is 0 Å². The van der Waals surface area contributed by atoms with Gasteiger partial charge >= 0.3 is 0 Å². The van der Waals surface area contributed by atoms with E-state index in [2.05, 4.69) is 38.3 Å². The van der Waals surface area contributed by atoms with E-state index >= 15 is 0 Å². The number of amidine groups is 1. The number of carbonyl (C=O) groups excluding carboxylic acids is 2. The number of rotatable bonds is 6. The van der Waals surface area contributed by atoms with Crippen molar-refractivity contribution < 1.29 is 9.59 Å². The molecular formula is C20H19IN6O2. The van der Waals surface area contributed by atoms with Crippen LogP contribution in [0, 0.1) is 5.41 Å². The highest BCUT2D eigenvalue weighted by Crippen LogP contribution is 2.19. The third kappa shape index (κ3) is 4.80. The van der Waals surface area contributed by atoms with Crippen molar-refractivity contribution in [2.45, 2.75) is 4.43 Å². The molecule has 9 heteroatoms. The van der Waals surface area contributed by atoms with Crippen LogP contribution in [0.3, 0.4) is 0 Å². The summed E-state index contributed by atoms with van der Waals surface area (Å²) in [5.41, 5.74) is 8.39. The second-order valence-electron chi connectivity index (χ2n) is 6.26. The summed E-state index contributed by atoms with van der Waals surface area (Å²) in [4.78, 5) is 25.3. The fraction of sp³-hybridized carbons (Fsp3) is 0.100. The van der Waals surface area contributed by atoms with Gasteiger partial charge in [-0.1, -0.05) is 46.9 Å². The quantitative estimate of drug-likeness (QED) is 0.179. The number of nitrogen functional groups attached to an aromatic ring is 1. The molecule has 5 N–H and O–H groups in total. The zero-order valence-corrected chi connectivity index (χ0v) is 17.7. The molecule has 0 bridgehead atoms. The van der Waals surface area contributed by atoms with E-state index in [4.69, 9.17) is 11.1 Å². The van der Waals surface area contributed by atoms with E-state index < -0.39 is 5.91 Å². The summed E-state index contributed by atoms with van der Waals surface area (Å²) in [6.07, 6.45) is 1.41. The first-order valence-electron chi connectivity index (χ1n) is 8.63. The third-order valence-corrected chi connectivity index (χ3v) is 5.12. The van der Waals surface area contributed by atoms with Crippen LogP contribution < -0.4 is 16.4 Å². The predicted molar refractivity (Wildman–Crippen MR) is 121 cm³/mol. The molecule has 3 aromatic rings. The molecule has 3 rings (SSSR count). The van der Waals surface area contributed by atoms with Crippen LogP contribution >= 0.6 is 22.6 Å².